The number of carbonyl (C=O) groups is 2. The van der Waals surface area contributed by atoms with Gasteiger partial charge in [-0.2, -0.15) is 0 Å². The Morgan fingerprint density at radius 3 is 2.48 bits per heavy atom. The Kier molecular flexibility index (Phi) is 4.66. The summed E-state index contributed by atoms with van der Waals surface area (Å²) in [5, 5.41) is 11.7. The Bertz CT molecular complexity index is 519. The number of aliphatic carboxylic acids is 1. The highest BCUT2D eigenvalue weighted by Gasteiger charge is 2.37. The molecule has 1 aliphatic rings. The van der Waals surface area contributed by atoms with Crippen molar-refractivity contribution < 1.29 is 14.7 Å². The van der Waals surface area contributed by atoms with Crippen LogP contribution >= 0.6 is 0 Å². The van der Waals surface area contributed by atoms with Crippen LogP contribution < -0.4 is 5.32 Å². The van der Waals surface area contributed by atoms with Gasteiger partial charge in [-0.15, -0.1) is 0 Å². The maximum Gasteiger partial charge on any atom is 0.307 e. The average Bonchev–Trinajstić information content (AvgIpc) is 2.39. The molecule has 1 atom stereocenters. The van der Waals surface area contributed by atoms with Gasteiger partial charge in [0.2, 0.25) is 5.91 Å². The molecule has 0 spiro atoms. The summed E-state index contributed by atoms with van der Waals surface area (Å²) in [7, 11) is 0. The van der Waals surface area contributed by atoms with E-state index in [2.05, 4.69) is 19.2 Å². The Balaban J connectivity index is 2.00. The normalized spacial score (nSPS) is 20.8. The maximum absolute atomic E-state index is 12.4. The highest BCUT2D eigenvalue weighted by Crippen LogP contribution is 2.41. The molecule has 1 saturated carbocycles. The van der Waals surface area contributed by atoms with Crippen molar-refractivity contribution in [3.8, 4) is 0 Å². The second-order valence-corrected chi connectivity index (χ2v) is 6.54. The molecule has 4 nitrogen and oxygen atoms in total. The van der Waals surface area contributed by atoms with Crippen molar-refractivity contribution in [2.24, 2.45) is 11.3 Å². The molecule has 0 heterocycles. The zero-order chi connectivity index (χ0) is 15.5. The second-order valence-electron chi connectivity index (χ2n) is 6.54. The molecule has 4 heteroatoms. The summed E-state index contributed by atoms with van der Waals surface area (Å²) in [4.78, 5) is 23.1. The van der Waals surface area contributed by atoms with Crippen LogP contribution in [-0.2, 0) is 16.0 Å². The third kappa shape index (κ3) is 4.06. The van der Waals surface area contributed by atoms with Crippen molar-refractivity contribution in [1.82, 2.24) is 0 Å². The molecule has 1 aliphatic carbocycles. The van der Waals surface area contributed by atoms with Gasteiger partial charge in [0.25, 0.3) is 0 Å². The number of carbonyl (C=O) groups excluding carboxylic acids is 1. The first kappa shape index (κ1) is 15.5. The Labute approximate surface area is 125 Å². The van der Waals surface area contributed by atoms with E-state index in [0.29, 0.717) is 0 Å². The van der Waals surface area contributed by atoms with Crippen LogP contribution in [0.5, 0.6) is 0 Å². The minimum absolute atomic E-state index is 0.00385. The second kappa shape index (κ2) is 6.29. The highest BCUT2D eigenvalue weighted by molar-refractivity contribution is 5.93. The molecule has 1 aromatic carbocycles. The van der Waals surface area contributed by atoms with E-state index < -0.39 is 5.97 Å². The van der Waals surface area contributed by atoms with Crippen molar-refractivity contribution in [1.29, 1.82) is 0 Å². The monoisotopic (exact) mass is 289 g/mol. The van der Waals surface area contributed by atoms with Crippen molar-refractivity contribution in [2.75, 3.05) is 5.32 Å². The first-order valence-corrected chi connectivity index (χ1v) is 7.50. The summed E-state index contributed by atoms with van der Waals surface area (Å²) in [6.07, 6.45) is 4.34. The number of hydrogen-bond donors (Lipinski definition) is 2. The SMILES string of the molecule is CC1(C)CCCCC1C(=O)Nc1ccc(CC(=O)O)cc1. The molecule has 0 saturated heterocycles. The molecular formula is C17H23NO3. The van der Waals surface area contributed by atoms with Crippen molar-refractivity contribution in [2.45, 2.75) is 46.0 Å². The van der Waals surface area contributed by atoms with Crippen molar-refractivity contribution in [3.05, 3.63) is 29.8 Å². The standard InChI is InChI=1S/C17H23NO3/c1-17(2)10-4-3-5-14(17)16(21)18-13-8-6-12(7-9-13)11-15(19)20/h6-9,14H,3-5,10-11H2,1-2H3,(H,18,21)(H,19,20). The van der Waals surface area contributed by atoms with Gasteiger partial charge in [0, 0.05) is 11.6 Å². The number of carboxylic acids is 1. The molecule has 21 heavy (non-hydrogen) atoms. The predicted octanol–water partition coefficient (Wildman–Crippen LogP) is 3.47. The Morgan fingerprint density at radius 1 is 1.24 bits per heavy atom. The third-order valence-electron chi connectivity index (χ3n) is 4.40. The van der Waals surface area contributed by atoms with Crippen LogP contribution in [0.3, 0.4) is 0 Å². The number of amides is 1. The summed E-state index contributed by atoms with van der Waals surface area (Å²) in [5.74, 6) is -0.730. The lowest BCUT2D eigenvalue weighted by Gasteiger charge is -2.37. The Morgan fingerprint density at radius 2 is 1.90 bits per heavy atom. The molecule has 1 unspecified atom stereocenters. The van der Waals surface area contributed by atoms with Crippen molar-refractivity contribution >= 4 is 17.6 Å². The van der Waals surface area contributed by atoms with Gasteiger partial charge in [-0.25, -0.2) is 0 Å². The van der Waals surface area contributed by atoms with Crippen LogP contribution in [0.25, 0.3) is 0 Å². The van der Waals surface area contributed by atoms with Gasteiger partial charge >= 0.3 is 5.97 Å². The lowest BCUT2D eigenvalue weighted by Crippen LogP contribution is -2.37. The summed E-state index contributed by atoms with van der Waals surface area (Å²) < 4.78 is 0. The van der Waals surface area contributed by atoms with Gasteiger partial charge < -0.3 is 10.4 Å². The number of benzene rings is 1. The topological polar surface area (TPSA) is 66.4 Å². The molecule has 0 bridgehead atoms. The molecular weight excluding hydrogens is 266 g/mol. The molecule has 0 aromatic heterocycles. The molecule has 2 N–H and O–H groups in total. The van der Waals surface area contributed by atoms with Crippen molar-refractivity contribution in [3.63, 3.8) is 0 Å². The van der Waals surface area contributed by atoms with Crippen LogP contribution in [-0.4, -0.2) is 17.0 Å². The summed E-state index contributed by atoms with van der Waals surface area (Å²) >= 11 is 0. The minimum atomic E-state index is -0.851. The number of carboxylic acid groups (broad SMARTS) is 1. The van der Waals surface area contributed by atoms with Gasteiger partial charge in [0.05, 0.1) is 6.42 Å². The number of anilines is 1. The van der Waals surface area contributed by atoms with E-state index in [1.165, 1.54) is 6.42 Å². The number of nitrogens with one attached hydrogen (secondary N) is 1. The van der Waals surface area contributed by atoms with E-state index in [0.717, 1.165) is 30.5 Å². The quantitative estimate of drug-likeness (QED) is 0.892. The maximum atomic E-state index is 12.4. The van der Waals surface area contributed by atoms with Crippen LogP contribution in [0.15, 0.2) is 24.3 Å². The third-order valence-corrected chi connectivity index (χ3v) is 4.40. The van der Waals surface area contributed by atoms with Crippen LogP contribution in [0, 0.1) is 11.3 Å². The lowest BCUT2D eigenvalue weighted by atomic mass is 9.68. The summed E-state index contributed by atoms with van der Waals surface area (Å²) in [5.41, 5.74) is 1.51. The molecule has 0 radical (unpaired) electrons. The fourth-order valence-corrected chi connectivity index (χ4v) is 3.09. The largest absolute Gasteiger partial charge is 0.481 e. The van der Waals surface area contributed by atoms with E-state index in [9.17, 15) is 9.59 Å². The molecule has 114 valence electrons. The van der Waals surface area contributed by atoms with E-state index in [4.69, 9.17) is 5.11 Å². The molecule has 1 aromatic rings. The molecule has 1 fully saturated rings. The average molecular weight is 289 g/mol. The zero-order valence-corrected chi connectivity index (χ0v) is 12.7. The number of hydrogen-bond acceptors (Lipinski definition) is 2. The highest BCUT2D eigenvalue weighted by atomic mass is 16.4. The lowest BCUT2D eigenvalue weighted by molar-refractivity contribution is -0.136. The van der Waals surface area contributed by atoms with Crippen LogP contribution in [0.2, 0.25) is 0 Å². The molecule has 0 aliphatic heterocycles. The minimum Gasteiger partial charge on any atom is -0.481 e. The summed E-state index contributed by atoms with van der Waals surface area (Å²) in [6.45, 7) is 4.32. The predicted molar refractivity (Wildman–Crippen MR) is 82.2 cm³/mol. The van der Waals surface area contributed by atoms with Gasteiger partial charge in [-0.1, -0.05) is 38.8 Å². The van der Waals surface area contributed by atoms with Gasteiger partial charge in [0.1, 0.15) is 0 Å². The number of rotatable bonds is 4. The molecule has 2 rings (SSSR count). The van der Waals surface area contributed by atoms with Gasteiger partial charge in [-0.3, -0.25) is 9.59 Å². The van der Waals surface area contributed by atoms with E-state index in [1.807, 2.05) is 0 Å². The fourth-order valence-electron chi connectivity index (χ4n) is 3.09. The van der Waals surface area contributed by atoms with Crippen LogP contribution in [0.4, 0.5) is 5.69 Å². The first-order valence-electron chi connectivity index (χ1n) is 7.50. The first-order chi connectivity index (χ1) is 9.88. The van der Waals surface area contributed by atoms with Gasteiger partial charge in [0.15, 0.2) is 0 Å². The van der Waals surface area contributed by atoms with Gasteiger partial charge in [-0.05, 0) is 36.0 Å². The fraction of sp³-hybridized carbons (Fsp3) is 0.529. The zero-order valence-electron chi connectivity index (χ0n) is 12.7. The summed E-state index contributed by atoms with van der Waals surface area (Å²) in [6, 6.07) is 7.03. The van der Waals surface area contributed by atoms with E-state index in [1.54, 1.807) is 24.3 Å². The smallest absolute Gasteiger partial charge is 0.307 e. The Hall–Kier alpha value is -1.84. The molecule has 1 amide bonds. The van der Waals surface area contributed by atoms with E-state index in [-0.39, 0.29) is 23.7 Å². The van der Waals surface area contributed by atoms with Crippen LogP contribution in [0.1, 0.15) is 45.1 Å². The van der Waals surface area contributed by atoms with E-state index >= 15 is 0 Å².